The molecule has 3 rings (SSSR count). The van der Waals surface area contributed by atoms with Crippen molar-refractivity contribution in [3.8, 4) is 5.75 Å². The second-order valence-electron chi connectivity index (χ2n) is 6.61. The highest BCUT2D eigenvalue weighted by Crippen LogP contribution is 2.21. The number of anilines is 1. The van der Waals surface area contributed by atoms with Crippen molar-refractivity contribution in [2.45, 2.75) is 25.9 Å². The largest absolute Gasteiger partial charge is 0.482 e. The second-order valence-corrected chi connectivity index (χ2v) is 7.05. The highest BCUT2D eigenvalue weighted by Gasteiger charge is 2.21. The summed E-state index contributed by atoms with van der Waals surface area (Å²) in [6, 6.07) is 22.8. The van der Waals surface area contributed by atoms with E-state index >= 15 is 0 Å². The van der Waals surface area contributed by atoms with Crippen LogP contribution in [0.5, 0.6) is 5.75 Å². The molecule has 0 heterocycles. The van der Waals surface area contributed by atoms with Crippen molar-refractivity contribution in [3.63, 3.8) is 0 Å². The van der Waals surface area contributed by atoms with Crippen molar-refractivity contribution in [2.24, 2.45) is 0 Å². The highest BCUT2D eigenvalue weighted by molar-refractivity contribution is 6.30. The number of nitrogens with one attached hydrogen (secondary N) is 1. The van der Waals surface area contributed by atoms with Crippen molar-refractivity contribution in [3.05, 3.63) is 95.0 Å². The van der Waals surface area contributed by atoms with Crippen LogP contribution in [0.2, 0.25) is 5.02 Å². The molecule has 5 heteroatoms. The van der Waals surface area contributed by atoms with Crippen LogP contribution in [0, 0.1) is 0 Å². The number of ether oxygens (including phenoxy) is 1. The van der Waals surface area contributed by atoms with Crippen LogP contribution in [-0.4, -0.2) is 17.8 Å². The minimum absolute atomic E-state index is 0.0347. The van der Waals surface area contributed by atoms with Crippen molar-refractivity contribution >= 4 is 29.0 Å². The van der Waals surface area contributed by atoms with Gasteiger partial charge in [-0.3, -0.25) is 9.59 Å². The Morgan fingerprint density at radius 2 is 1.55 bits per heavy atom. The van der Waals surface area contributed by atoms with E-state index in [9.17, 15) is 9.59 Å². The molecular formula is C24H22ClNO3. The smallest absolute Gasteiger partial charge is 0.255 e. The Bertz CT molecular complexity index is 954. The van der Waals surface area contributed by atoms with Gasteiger partial charge in [0, 0.05) is 21.8 Å². The van der Waals surface area contributed by atoms with Crippen molar-refractivity contribution in [1.82, 2.24) is 0 Å². The van der Waals surface area contributed by atoms with Gasteiger partial charge in [0.1, 0.15) is 5.75 Å². The first-order valence-electron chi connectivity index (χ1n) is 9.49. The maximum atomic E-state index is 12.7. The van der Waals surface area contributed by atoms with Crippen molar-refractivity contribution < 1.29 is 14.3 Å². The Morgan fingerprint density at radius 1 is 0.897 bits per heavy atom. The minimum atomic E-state index is -0.545. The standard InChI is InChI=1S/C24H22ClNO3/c1-2-6-22(23(27)17-7-4-3-5-8-17)29-21-15-13-20(14-16-21)26-24(28)18-9-11-19(25)12-10-18/h3-5,7-16,22H,2,6H2,1H3,(H,26,28). The fourth-order valence-corrected chi connectivity index (χ4v) is 3.01. The maximum absolute atomic E-state index is 12.7. The lowest BCUT2D eigenvalue weighted by Gasteiger charge is -2.18. The number of carbonyl (C=O) groups excluding carboxylic acids is 2. The van der Waals surface area contributed by atoms with Gasteiger partial charge in [-0.2, -0.15) is 0 Å². The first-order chi connectivity index (χ1) is 14.1. The average Bonchev–Trinajstić information content (AvgIpc) is 2.75. The van der Waals surface area contributed by atoms with Crippen LogP contribution in [0.15, 0.2) is 78.9 Å². The summed E-state index contributed by atoms with van der Waals surface area (Å²) in [5.74, 6) is 0.322. The molecule has 3 aromatic carbocycles. The van der Waals surface area contributed by atoms with E-state index in [0.717, 1.165) is 6.42 Å². The van der Waals surface area contributed by atoms with E-state index < -0.39 is 6.10 Å². The summed E-state index contributed by atoms with van der Waals surface area (Å²) in [6.07, 6.45) is 0.915. The second kappa shape index (κ2) is 9.89. The van der Waals surface area contributed by atoms with Gasteiger partial charge in [-0.1, -0.05) is 55.3 Å². The molecule has 1 atom stereocenters. The molecule has 0 aliphatic rings. The number of benzene rings is 3. The van der Waals surface area contributed by atoms with E-state index in [1.807, 2.05) is 25.1 Å². The molecule has 3 aromatic rings. The number of halogens is 1. The molecule has 0 saturated heterocycles. The lowest BCUT2D eigenvalue weighted by Crippen LogP contribution is -2.27. The van der Waals surface area contributed by atoms with E-state index in [1.54, 1.807) is 60.7 Å². The van der Waals surface area contributed by atoms with Gasteiger partial charge >= 0.3 is 0 Å². The summed E-state index contributed by atoms with van der Waals surface area (Å²) >= 11 is 5.85. The maximum Gasteiger partial charge on any atom is 0.255 e. The van der Waals surface area contributed by atoms with Crippen molar-refractivity contribution in [1.29, 1.82) is 0 Å². The average molecular weight is 408 g/mol. The minimum Gasteiger partial charge on any atom is -0.482 e. The summed E-state index contributed by atoms with van der Waals surface area (Å²) in [4.78, 5) is 25.0. The number of ketones is 1. The molecule has 0 saturated carbocycles. The Labute approximate surface area is 175 Å². The Kier molecular flexibility index (Phi) is 7.04. The fraction of sp³-hybridized carbons (Fsp3) is 0.167. The molecule has 0 spiro atoms. The summed E-state index contributed by atoms with van der Waals surface area (Å²) in [5, 5.41) is 3.41. The lowest BCUT2D eigenvalue weighted by molar-refractivity contribution is 0.0777. The SMILES string of the molecule is CCCC(Oc1ccc(NC(=O)c2ccc(Cl)cc2)cc1)C(=O)c1ccccc1. The zero-order valence-corrected chi connectivity index (χ0v) is 16.9. The Hall–Kier alpha value is -3.11. The van der Waals surface area contributed by atoms with Crippen LogP contribution >= 0.6 is 11.6 Å². The topological polar surface area (TPSA) is 55.4 Å². The molecule has 148 valence electrons. The van der Waals surface area contributed by atoms with Gasteiger partial charge in [-0.25, -0.2) is 0 Å². The van der Waals surface area contributed by atoms with Gasteiger partial charge in [-0.05, 0) is 55.0 Å². The van der Waals surface area contributed by atoms with Gasteiger partial charge < -0.3 is 10.1 Å². The van der Waals surface area contributed by atoms with E-state index in [4.69, 9.17) is 16.3 Å². The molecular weight excluding hydrogens is 386 g/mol. The fourth-order valence-electron chi connectivity index (χ4n) is 2.88. The number of hydrogen-bond donors (Lipinski definition) is 1. The van der Waals surface area contributed by atoms with Crippen LogP contribution in [-0.2, 0) is 0 Å². The Balaban J connectivity index is 1.66. The summed E-state index contributed by atoms with van der Waals surface area (Å²) in [5.41, 5.74) is 1.79. The molecule has 1 unspecified atom stereocenters. The number of carbonyl (C=O) groups is 2. The summed E-state index contributed by atoms with van der Waals surface area (Å²) < 4.78 is 5.95. The molecule has 1 amide bonds. The third kappa shape index (κ3) is 5.69. The van der Waals surface area contributed by atoms with Crippen LogP contribution in [0.25, 0.3) is 0 Å². The first kappa shape index (κ1) is 20.6. The molecule has 0 aromatic heterocycles. The van der Waals surface area contributed by atoms with E-state index in [-0.39, 0.29) is 11.7 Å². The van der Waals surface area contributed by atoms with Crippen LogP contribution in [0.1, 0.15) is 40.5 Å². The quantitative estimate of drug-likeness (QED) is 0.464. The summed E-state index contributed by atoms with van der Waals surface area (Å²) in [7, 11) is 0. The van der Waals surface area contributed by atoms with Gasteiger partial charge in [0.2, 0.25) is 5.78 Å². The van der Waals surface area contributed by atoms with Crippen LogP contribution in [0.4, 0.5) is 5.69 Å². The molecule has 0 fully saturated rings. The number of rotatable bonds is 8. The van der Waals surface area contributed by atoms with Gasteiger partial charge in [-0.15, -0.1) is 0 Å². The number of amides is 1. The molecule has 1 N–H and O–H groups in total. The van der Waals surface area contributed by atoms with E-state index in [0.29, 0.717) is 34.0 Å². The summed E-state index contributed by atoms with van der Waals surface area (Å²) in [6.45, 7) is 2.02. The molecule has 0 aliphatic carbocycles. The zero-order valence-electron chi connectivity index (χ0n) is 16.1. The lowest BCUT2D eigenvalue weighted by atomic mass is 10.0. The molecule has 0 aliphatic heterocycles. The van der Waals surface area contributed by atoms with E-state index in [1.165, 1.54) is 0 Å². The first-order valence-corrected chi connectivity index (χ1v) is 9.87. The molecule has 4 nitrogen and oxygen atoms in total. The normalized spacial score (nSPS) is 11.5. The highest BCUT2D eigenvalue weighted by atomic mass is 35.5. The predicted molar refractivity (Wildman–Crippen MR) is 116 cm³/mol. The molecule has 0 radical (unpaired) electrons. The monoisotopic (exact) mass is 407 g/mol. The molecule has 29 heavy (non-hydrogen) atoms. The van der Waals surface area contributed by atoms with Crippen LogP contribution < -0.4 is 10.1 Å². The number of hydrogen-bond acceptors (Lipinski definition) is 3. The predicted octanol–water partition coefficient (Wildman–Crippen LogP) is 6.02. The van der Waals surface area contributed by atoms with Gasteiger partial charge in [0.25, 0.3) is 5.91 Å². The third-order valence-corrected chi connectivity index (χ3v) is 4.65. The Morgan fingerprint density at radius 3 is 2.17 bits per heavy atom. The van der Waals surface area contributed by atoms with Crippen molar-refractivity contribution in [2.75, 3.05) is 5.32 Å². The van der Waals surface area contributed by atoms with Crippen LogP contribution in [0.3, 0.4) is 0 Å². The third-order valence-electron chi connectivity index (χ3n) is 4.40. The van der Waals surface area contributed by atoms with Gasteiger partial charge in [0.15, 0.2) is 6.10 Å². The molecule has 0 bridgehead atoms. The van der Waals surface area contributed by atoms with E-state index in [2.05, 4.69) is 5.32 Å². The van der Waals surface area contributed by atoms with Gasteiger partial charge in [0.05, 0.1) is 0 Å². The number of Topliss-reactive ketones (excluding diaryl/α,β-unsaturated/α-hetero) is 1. The zero-order chi connectivity index (χ0) is 20.6.